The van der Waals surface area contributed by atoms with Crippen LogP contribution < -0.4 is 5.32 Å². The highest BCUT2D eigenvalue weighted by Crippen LogP contribution is 2.40. The van der Waals surface area contributed by atoms with E-state index in [1.165, 1.54) is 0 Å². The molecule has 6 nitrogen and oxygen atoms in total. The quantitative estimate of drug-likeness (QED) is 0.775. The molecule has 2 amide bonds. The first kappa shape index (κ1) is 13.1. The molecule has 0 radical (unpaired) electrons. The van der Waals surface area contributed by atoms with Gasteiger partial charge in [-0.25, -0.2) is 4.79 Å². The number of ether oxygens (including phenoxy) is 1. The summed E-state index contributed by atoms with van der Waals surface area (Å²) in [6.07, 6.45) is 3.19. The fraction of sp³-hybridized carbons (Fsp3) is 0.833. The third-order valence-electron chi connectivity index (χ3n) is 4.11. The molecule has 1 aliphatic heterocycles. The Bertz CT molecular complexity index is 341. The maximum absolute atomic E-state index is 11.9. The SMILES string of the molecule is COC1CCN(C(=O)NCC2(C(=O)O)CCC2)C1. The van der Waals surface area contributed by atoms with Crippen molar-refractivity contribution >= 4 is 12.0 Å². The minimum absolute atomic E-state index is 0.105. The van der Waals surface area contributed by atoms with Gasteiger partial charge in [0, 0.05) is 26.7 Å². The second kappa shape index (κ2) is 5.14. The Morgan fingerprint density at radius 3 is 2.67 bits per heavy atom. The fourth-order valence-electron chi connectivity index (χ4n) is 2.53. The molecule has 1 saturated heterocycles. The van der Waals surface area contributed by atoms with Gasteiger partial charge in [0.15, 0.2) is 0 Å². The van der Waals surface area contributed by atoms with E-state index in [4.69, 9.17) is 9.84 Å². The summed E-state index contributed by atoms with van der Waals surface area (Å²) in [6.45, 7) is 1.49. The van der Waals surface area contributed by atoms with Gasteiger partial charge in [-0.15, -0.1) is 0 Å². The van der Waals surface area contributed by atoms with Gasteiger partial charge < -0.3 is 20.1 Å². The number of methoxy groups -OCH3 is 1. The Kier molecular flexibility index (Phi) is 3.75. The van der Waals surface area contributed by atoms with E-state index in [0.717, 1.165) is 12.8 Å². The number of aliphatic carboxylic acids is 1. The van der Waals surface area contributed by atoms with Gasteiger partial charge in [-0.05, 0) is 19.3 Å². The smallest absolute Gasteiger partial charge is 0.317 e. The Morgan fingerprint density at radius 2 is 2.22 bits per heavy atom. The number of hydrogen-bond acceptors (Lipinski definition) is 3. The second-order valence-corrected chi connectivity index (χ2v) is 5.19. The van der Waals surface area contributed by atoms with Gasteiger partial charge >= 0.3 is 12.0 Å². The minimum atomic E-state index is -0.801. The fourth-order valence-corrected chi connectivity index (χ4v) is 2.53. The molecule has 1 heterocycles. The molecule has 18 heavy (non-hydrogen) atoms. The minimum Gasteiger partial charge on any atom is -0.481 e. The standard InChI is InChI=1S/C12H20N2O4/c1-18-9-3-6-14(7-9)11(17)13-8-12(10(15)16)4-2-5-12/h9H,2-8H2,1H3,(H,13,17)(H,15,16). The average Bonchev–Trinajstić information content (AvgIpc) is 2.75. The Labute approximate surface area is 106 Å². The molecule has 102 valence electrons. The molecule has 6 heteroatoms. The summed E-state index contributed by atoms with van der Waals surface area (Å²) in [4.78, 5) is 24.7. The lowest BCUT2D eigenvalue weighted by molar-refractivity contribution is -0.153. The zero-order chi connectivity index (χ0) is 13.2. The van der Waals surface area contributed by atoms with Crippen molar-refractivity contribution in [2.45, 2.75) is 31.8 Å². The first-order valence-electron chi connectivity index (χ1n) is 6.36. The highest BCUT2D eigenvalue weighted by atomic mass is 16.5. The van der Waals surface area contributed by atoms with E-state index < -0.39 is 11.4 Å². The number of carbonyl (C=O) groups excluding carboxylic acids is 1. The molecule has 2 fully saturated rings. The molecule has 1 unspecified atom stereocenters. The largest absolute Gasteiger partial charge is 0.481 e. The van der Waals surface area contributed by atoms with Crippen LogP contribution in [0, 0.1) is 5.41 Å². The van der Waals surface area contributed by atoms with Crippen molar-refractivity contribution in [2.24, 2.45) is 5.41 Å². The lowest BCUT2D eigenvalue weighted by atomic mass is 9.69. The third-order valence-corrected chi connectivity index (χ3v) is 4.11. The van der Waals surface area contributed by atoms with Crippen LogP contribution in [0.15, 0.2) is 0 Å². The molecular formula is C12H20N2O4. The zero-order valence-electron chi connectivity index (χ0n) is 10.6. The van der Waals surface area contributed by atoms with Gasteiger partial charge in [-0.1, -0.05) is 6.42 Å². The number of nitrogens with one attached hydrogen (secondary N) is 1. The van der Waals surface area contributed by atoms with Crippen LogP contribution in [0.3, 0.4) is 0 Å². The van der Waals surface area contributed by atoms with E-state index in [1.54, 1.807) is 12.0 Å². The Hall–Kier alpha value is -1.30. The van der Waals surface area contributed by atoms with E-state index in [-0.39, 0.29) is 18.7 Å². The number of carbonyl (C=O) groups is 2. The summed E-state index contributed by atoms with van der Waals surface area (Å²) in [7, 11) is 1.64. The van der Waals surface area contributed by atoms with Crippen LogP contribution in [0.1, 0.15) is 25.7 Å². The van der Waals surface area contributed by atoms with Crippen LogP contribution in [0.5, 0.6) is 0 Å². The molecular weight excluding hydrogens is 236 g/mol. The first-order chi connectivity index (χ1) is 8.57. The number of rotatable bonds is 4. The summed E-state index contributed by atoms with van der Waals surface area (Å²) >= 11 is 0. The van der Waals surface area contributed by atoms with E-state index in [9.17, 15) is 9.59 Å². The lowest BCUT2D eigenvalue weighted by Gasteiger charge is -2.37. The summed E-state index contributed by atoms with van der Waals surface area (Å²) in [5.74, 6) is -0.801. The monoisotopic (exact) mass is 256 g/mol. The van der Waals surface area contributed by atoms with Crippen molar-refractivity contribution < 1.29 is 19.4 Å². The number of carboxylic acid groups (broad SMARTS) is 1. The predicted molar refractivity (Wildman–Crippen MR) is 64.3 cm³/mol. The van der Waals surface area contributed by atoms with Gasteiger partial charge in [0.1, 0.15) is 0 Å². The molecule has 2 N–H and O–H groups in total. The normalized spacial score (nSPS) is 25.6. The summed E-state index contributed by atoms with van der Waals surface area (Å²) in [6, 6.07) is -0.179. The number of urea groups is 1. The summed E-state index contributed by atoms with van der Waals surface area (Å²) in [5.41, 5.74) is -0.726. The number of hydrogen-bond donors (Lipinski definition) is 2. The molecule has 1 atom stereocenters. The predicted octanol–water partition coefficient (Wildman–Crippen LogP) is 0.672. The molecule has 0 aromatic rings. The van der Waals surface area contributed by atoms with Crippen molar-refractivity contribution in [3.8, 4) is 0 Å². The van der Waals surface area contributed by atoms with Crippen LogP contribution in [0.2, 0.25) is 0 Å². The number of likely N-dealkylation sites (tertiary alicyclic amines) is 1. The highest BCUT2D eigenvalue weighted by molar-refractivity contribution is 5.79. The number of amides is 2. The molecule has 0 aromatic heterocycles. The Morgan fingerprint density at radius 1 is 1.50 bits per heavy atom. The molecule has 0 aromatic carbocycles. The molecule has 0 spiro atoms. The second-order valence-electron chi connectivity index (χ2n) is 5.19. The third kappa shape index (κ3) is 2.43. The van der Waals surface area contributed by atoms with Crippen molar-refractivity contribution in [3.05, 3.63) is 0 Å². The topological polar surface area (TPSA) is 78.9 Å². The zero-order valence-corrected chi connectivity index (χ0v) is 10.6. The Balaban J connectivity index is 1.80. The van der Waals surface area contributed by atoms with Gasteiger partial charge in [-0.3, -0.25) is 4.79 Å². The highest BCUT2D eigenvalue weighted by Gasteiger charge is 2.44. The van der Waals surface area contributed by atoms with Gasteiger partial charge in [0.2, 0.25) is 0 Å². The lowest BCUT2D eigenvalue weighted by Crippen LogP contribution is -2.50. The van der Waals surface area contributed by atoms with Gasteiger partial charge in [0.05, 0.1) is 11.5 Å². The maximum atomic E-state index is 11.9. The van der Waals surface area contributed by atoms with Gasteiger partial charge in [0.25, 0.3) is 0 Å². The molecule has 1 saturated carbocycles. The van der Waals surface area contributed by atoms with Gasteiger partial charge in [-0.2, -0.15) is 0 Å². The van der Waals surface area contributed by atoms with Crippen LogP contribution in [0.25, 0.3) is 0 Å². The molecule has 2 aliphatic rings. The average molecular weight is 256 g/mol. The first-order valence-corrected chi connectivity index (χ1v) is 6.36. The molecule has 1 aliphatic carbocycles. The van der Waals surface area contributed by atoms with Crippen molar-refractivity contribution in [1.29, 1.82) is 0 Å². The van der Waals surface area contributed by atoms with Crippen LogP contribution in [-0.4, -0.2) is 54.9 Å². The van der Waals surface area contributed by atoms with Crippen LogP contribution >= 0.6 is 0 Å². The van der Waals surface area contributed by atoms with Crippen molar-refractivity contribution in [3.63, 3.8) is 0 Å². The summed E-state index contributed by atoms with van der Waals surface area (Å²) < 4.78 is 5.19. The maximum Gasteiger partial charge on any atom is 0.317 e. The number of carboxylic acids is 1. The van der Waals surface area contributed by atoms with Crippen molar-refractivity contribution in [1.82, 2.24) is 10.2 Å². The van der Waals surface area contributed by atoms with Crippen LogP contribution in [-0.2, 0) is 9.53 Å². The molecule has 2 rings (SSSR count). The number of nitrogens with zero attached hydrogens (tertiary/aromatic N) is 1. The van der Waals surface area contributed by atoms with E-state index >= 15 is 0 Å². The van der Waals surface area contributed by atoms with Crippen molar-refractivity contribution in [2.75, 3.05) is 26.7 Å². The van der Waals surface area contributed by atoms with Crippen LogP contribution in [0.4, 0.5) is 4.79 Å². The molecule has 0 bridgehead atoms. The van der Waals surface area contributed by atoms with E-state index in [2.05, 4.69) is 5.32 Å². The summed E-state index contributed by atoms with van der Waals surface area (Å²) in [5, 5.41) is 11.9. The van der Waals surface area contributed by atoms with E-state index in [1.807, 2.05) is 0 Å². The van der Waals surface area contributed by atoms with E-state index in [0.29, 0.717) is 25.9 Å².